The van der Waals surface area contributed by atoms with Crippen molar-refractivity contribution in [2.75, 3.05) is 0 Å². The summed E-state index contributed by atoms with van der Waals surface area (Å²) in [7, 11) is 0. The van der Waals surface area contributed by atoms with Crippen LogP contribution in [-0.4, -0.2) is 26.5 Å². The molecule has 3 aromatic rings. The van der Waals surface area contributed by atoms with E-state index in [1.807, 2.05) is 19.3 Å². The van der Waals surface area contributed by atoms with Crippen LogP contribution in [0.3, 0.4) is 0 Å². The van der Waals surface area contributed by atoms with Crippen LogP contribution in [0.25, 0.3) is 11.2 Å². The zero-order valence-electron chi connectivity index (χ0n) is 12.9. The minimum Gasteiger partial charge on any atom is -0.349 e. The lowest BCUT2D eigenvalue weighted by Crippen LogP contribution is -2.34. The molecular formula is C17H18N4OS. The van der Waals surface area contributed by atoms with Crippen molar-refractivity contribution in [3.8, 4) is 0 Å². The lowest BCUT2D eigenvalue weighted by Gasteiger charge is -2.13. The molecule has 118 valence electrons. The Hall–Kier alpha value is -2.21. The smallest absolute Gasteiger partial charge is 0.253 e. The molecule has 1 aliphatic carbocycles. The minimum atomic E-state index is -0.0944. The van der Waals surface area contributed by atoms with Crippen molar-refractivity contribution >= 4 is 28.4 Å². The number of fused-ring (bicyclic) bond motifs is 1. The summed E-state index contributed by atoms with van der Waals surface area (Å²) in [5, 5.41) is 7.20. The lowest BCUT2D eigenvalue weighted by molar-refractivity contribution is 0.0940. The highest BCUT2D eigenvalue weighted by molar-refractivity contribution is 7.07. The van der Waals surface area contributed by atoms with Crippen molar-refractivity contribution in [2.24, 2.45) is 0 Å². The Kier molecular flexibility index (Phi) is 3.61. The van der Waals surface area contributed by atoms with Gasteiger partial charge in [-0.15, -0.1) is 0 Å². The molecule has 0 aliphatic heterocycles. The van der Waals surface area contributed by atoms with Gasteiger partial charge >= 0.3 is 0 Å². The van der Waals surface area contributed by atoms with Crippen LogP contribution >= 0.6 is 11.3 Å². The van der Waals surface area contributed by atoms with E-state index in [9.17, 15) is 4.79 Å². The van der Waals surface area contributed by atoms with Crippen molar-refractivity contribution in [1.82, 2.24) is 19.9 Å². The Balaban J connectivity index is 1.48. The molecule has 1 unspecified atom stereocenters. The van der Waals surface area contributed by atoms with Crippen LogP contribution in [0.2, 0.25) is 0 Å². The van der Waals surface area contributed by atoms with Crippen molar-refractivity contribution in [2.45, 2.75) is 38.3 Å². The first-order valence-corrected chi connectivity index (χ1v) is 8.79. The van der Waals surface area contributed by atoms with E-state index in [0.717, 1.165) is 17.6 Å². The predicted octanol–water partition coefficient (Wildman–Crippen LogP) is 3.19. The highest BCUT2D eigenvalue weighted by Crippen LogP contribution is 2.36. The minimum absolute atomic E-state index is 0.0804. The van der Waals surface area contributed by atoms with Crippen LogP contribution < -0.4 is 5.32 Å². The van der Waals surface area contributed by atoms with Crippen molar-refractivity contribution in [1.29, 1.82) is 0 Å². The zero-order valence-corrected chi connectivity index (χ0v) is 13.7. The fraction of sp³-hybridized carbons (Fsp3) is 0.353. The first kappa shape index (κ1) is 14.4. The van der Waals surface area contributed by atoms with Crippen LogP contribution in [0.15, 0.2) is 35.4 Å². The molecule has 3 aromatic heterocycles. The number of thiophene rings is 1. The van der Waals surface area contributed by atoms with E-state index in [1.165, 1.54) is 18.4 Å². The largest absolute Gasteiger partial charge is 0.349 e. The van der Waals surface area contributed by atoms with Gasteiger partial charge in [0, 0.05) is 18.3 Å². The summed E-state index contributed by atoms with van der Waals surface area (Å²) in [5.41, 5.74) is 3.47. The van der Waals surface area contributed by atoms with Gasteiger partial charge in [0.15, 0.2) is 5.65 Å². The summed E-state index contributed by atoms with van der Waals surface area (Å²) in [6, 6.07) is 4.54. The molecular weight excluding hydrogens is 308 g/mol. The summed E-state index contributed by atoms with van der Waals surface area (Å²) >= 11 is 1.67. The average Bonchev–Trinajstić information content (AvgIpc) is 3.09. The highest BCUT2D eigenvalue weighted by Gasteiger charge is 2.25. The second-order valence-electron chi connectivity index (χ2n) is 6.16. The van der Waals surface area contributed by atoms with Gasteiger partial charge in [0.05, 0.1) is 11.9 Å². The molecule has 0 aromatic carbocycles. The number of nitrogens with zero attached hydrogens (tertiary/aromatic N) is 3. The molecule has 3 heterocycles. The molecule has 1 atom stereocenters. The van der Waals surface area contributed by atoms with E-state index >= 15 is 0 Å². The number of nitrogens with one attached hydrogen (secondary N) is 1. The Morgan fingerprint density at radius 1 is 1.48 bits per heavy atom. The van der Waals surface area contributed by atoms with Gasteiger partial charge < -0.3 is 9.88 Å². The topological polar surface area (TPSA) is 59.8 Å². The van der Waals surface area contributed by atoms with Crippen LogP contribution in [0.1, 0.15) is 41.7 Å². The van der Waals surface area contributed by atoms with Gasteiger partial charge in [-0.1, -0.05) is 0 Å². The molecule has 1 aliphatic rings. The lowest BCUT2D eigenvalue weighted by atomic mass is 10.1. The molecule has 23 heavy (non-hydrogen) atoms. The number of hydrogen-bond donors (Lipinski definition) is 1. The number of imidazole rings is 1. The fourth-order valence-corrected chi connectivity index (χ4v) is 3.47. The average molecular weight is 326 g/mol. The quantitative estimate of drug-likeness (QED) is 0.783. The van der Waals surface area contributed by atoms with Gasteiger partial charge in [-0.2, -0.15) is 11.3 Å². The third-order valence-electron chi connectivity index (χ3n) is 4.11. The SMILES string of the molecule is CC(Cc1ccsc1)NC(=O)c1cnc2c(c1)ncn2C1CC1. The second-order valence-corrected chi connectivity index (χ2v) is 6.94. The molecule has 1 amide bonds. The van der Waals surface area contributed by atoms with Gasteiger partial charge in [0.2, 0.25) is 0 Å². The zero-order chi connectivity index (χ0) is 15.8. The van der Waals surface area contributed by atoms with Crippen molar-refractivity contribution < 1.29 is 4.79 Å². The van der Waals surface area contributed by atoms with Crippen LogP contribution in [0.5, 0.6) is 0 Å². The van der Waals surface area contributed by atoms with Gasteiger partial charge in [0.1, 0.15) is 5.52 Å². The first-order chi connectivity index (χ1) is 11.2. The van der Waals surface area contributed by atoms with E-state index in [-0.39, 0.29) is 11.9 Å². The number of aromatic nitrogens is 3. The summed E-state index contributed by atoms with van der Waals surface area (Å²) in [6.45, 7) is 2.02. The second kappa shape index (κ2) is 5.77. The molecule has 0 spiro atoms. The third-order valence-corrected chi connectivity index (χ3v) is 4.85. The fourth-order valence-electron chi connectivity index (χ4n) is 2.78. The molecule has 6 heteroatoms. The van der Waals surface area contributed by atoms with E-state index in [1.54, 1.807) is 17.5 Å². The molecule has 0 radical (unpaired) electrons. The van der Waals surface area contributed by atoms with Gasteiger partial charge in [-0.05, 0) is 54.6 Å². The summed E-state index contributed by atoms with van der Waals surface area (Å²) in [4.78, 5) is 21.2. The normalized spacial score (nSPS) is 15.7. The van der Waals surface area contributed by atoms with E-state index in [4.69, 9.17) is 0 Å². The number of amides is 1. The summed E-state index contributed by atoms with van der Waals surface area (Å²) in [5.74, 6) is -0.0944. The molecule has 5 nitrogen and oxygen atoms in total. The first-order valence-electron chi connectivity index (χ1n) is 7.85. The van der Waals surface area contributed by atoms with Gasteiger partial charge in [-0.3, -0.25) is 4.79 Å². The number of rotatable bonds is 5. The maximum atomic E-state index is 12.4. The number of hydrogen-bond acceptors (Lipinski definition) is 4. The number of pyridine rings is 1. The monoisotopic (exact) mass is 326 g/mol. The van der Waals surface area contributed by atoms with Crippen LogP contribution in [0, 0.1) is 0 Å². The predicted molar refractivity (Wildman–Crippen MR) is 90.8 cm³/mol. The van der Waals surface area contributed by atoms with Crippen LogP contribution in [0.4, 0.5) is 0 Å². The van der Waals surface area contributed by atoms with Gasteiger partial charge in [-0.25, -0.2) is 9.97 Å². The number of carbonyl (C=O) groups is 1. The molecule has 0 saturated heterocycles. The molecule has 1 N–H and O–H groups in total. The maximum Gasteiger partial charge on any atom is 0.253 e. The van der Waals surface area contributed by atoms with Crippen molar-refractivity contribution in [3.05, 3.63) is 46.5 Å². The summed E-state index contributed by atoms with van der Waals surface area (Å²) in [6.07, 6.45) is 6.69. The standard InChI is InChI=1S/C17H18N4OS/c1-11(6-12-4-5-23-9-12)20-17(22)13-7-15-16(18-8-13)21(10-19-15)14-2-3-14/h4-5,7-11,14H,2-3,6H2,1H3,(H,20,22). The number of carbonyl (C=O) groups excluding carboxylic acids is 1. The Morgan fingerprint density at radius 3 is 3.09 bits per heavy atom. The van der Waals surface area contributed by atoms with E-state index in [2.05, 4.69) is 36.7 Å². The summed E-state index contributed by atoms with van der Waals surface area (Å²) < 4.78 is 2.11. The molecule has 4 rings (SSSR count). The van der Waals surface area contributed by atoms with Gasteiger partial charge in [0.25, 0.3) is 5.91 Å². The van der Waals surface area contributed by atoms with Crippen LogP contribution in [-0.2, 0) is 6.42 Å². The molecule has 1 fully saturated rings. The third kappa shape index (κ3) is 2.99. The van der Waals surface area contributed by atoms with E-state index < -0.39 is 0 Å². The van der Waals surface area contributed by atoms with E-state index in [0.29, 0.717) is 11.6 Å². The maximum absolute atomic E-state index is 12.4. The Morgan fingerprint density at radius 2 is 2.35 bits per heavy atom. The Labute approximate surface area is 138 Å². The molecule has 1 saturated carbocycles. The van der Waals surface area contributed by atoms with Crippen molar-refractivity contribution in [3.63, 3.8) is 0 Å². The Bertz CT molecular complexity index is 836. The molecule has 0 bridgehead atoms. The highest BCUT2D eigenvalue weighted by atomic mass is 32.1.